The molecule has 0 atom stereocenters. The number of halogens is 2. The van der Waals surface area contributed by atoms with E-state index in [9.17, 15) is 8.78 Å². The van der Waals surface area contributed by atoms with Gasteiger partial charge in [0.2, 0.25) is 0 Å². The lowest BCUT2D eigenvalue weighted by atomic mass is 9.93. The van der Waals surface area contributed by atoms with Crippen molar-refractivity contribution in [2.45, 2.75) is 25.2 Å². The molecule has 0 saturated carbocycles. The van der Waals surface area contributed by atoms with Gasteiger partial charge in [-0.05, 0) is 30.2 Å². The molecule has 8 heteroatoms. The van der Waals surface area contributed by atoms with Crippen LogP contribution in [-0.4, -0.2) is 31.1 Å². The zero-order chi connectivity index (χ0) is 17.0. The van der Waals surface area contributed by atoms with E-state index in [4.69, 9.17) is 0 Å². The molecule has 5 rings (SSSR count). The molecule has 1 aliphatic rings. The van der Waals surface area contributed by atoms with Crippen LogP contribution in [0.15, 0.2) is 30.7 Å². The van der Waals surface area contributed by atoms with Crippen LogP contribution in [-0.2, 0) is 12.8 Å². The fourth-order valence-electron chi connectivity index (χ4n) is 3.45. The van der Waals surface area contributed by atoms with Crippen LogP contribution < -0.4 is 5.32 Å². The van der Waals surface area contributed by atoms with Gasteiger partial charge in [0, 0.05) is 29.6 Å². The number of nitrogens with one attached hydrogen (secondary N) is 3. The summed E-state index contributed by atoms with van der Waals surface area (Å²) in [6, 6.07) is 5.73. The summed E-state index contributed by atoms with van der Waals surface area (Å²) in [5, 5.41) is 11.7. The number of fused-ring (bicyclic) bond motifs is 4. The summed E-state index contributed by atoms with van der Waals surface area (Å²) >= 11 is 0. The molecule has 0 radical (unpaired) electrons. The highest BCUT2D eigenvalue weighted by molar-refractivity contribution is 5.94. The van der Waals surface area contributed by atoms with E-state index in [2.05, 4.69) is 30.5 Å². The number of aromatic nitrogens is 5. The fourth-order valence-corrected chi connectivity index (χ4v) is 3.45. The van der Waals surface area contributed by atoms with Crippen LogP contribution in [0.3, 0.4) is 0 Å². The van der Waals surface area contributed by atoms with Crippen molar-refractivity contribution in [1.29, 1.82) is 0 Å². The predicted molar refractivity (Wildman–Crippen MR) is 90.2 cm³/mol. The fraction of sp³-hybridized carbons (Fsp3) is 0.235. The predicted octanol–water partition coefficient (Wildman–Crippen LogP) is 3.70. The van der Waals surface area contributed by atoms with Crippen molar-refractivity contribution in [3.05, 3.63) is 42.0 Å². The SMILES string of the molecule is FC1(F)CCc2[nH]c3ncnc(Nc4ccc5[nH]ncc5c4)c3c2C1. The van der Waals surface area contributed by atoms with Gasteiger partial charge >= 0.3 is 0 Å². The smallest absolute Gasteiger partial charge is 0.252 e. The topological polar surface area (TPSA) is 82.3 Å². The number of H-pyrrole nitrogens is 2. The Morgan fingerprint density at radius 2 is 2.12 bits per heavy atom. The third kappa shape index (κ3) is 2.33. The molecule has 3 N–H and O–H groups in total. The molecule has 0 unspecified atom stereocenters. The molecule has 126 valence electrons. The van der Waals surface area contributed by atoms with Crippen LogP contribution in [0.5, 0.6) is 0 Å². The lowest BCUT2D eigenvalue weighted by molar-refractivity contribution is -0.0121. The first kappa shape index (κ1) is 14.3. The maximum absolute atomic E-state index is 13.9. The average Bonchev–Trinajstić information content (AvgIpc) is 3.18. The lowest BCUT2D eigenvalue weighted by Crippen LogP contribution is -2.25. The van der Waals surface area contributed by atoms with Crippen molar-refractivity contribution in [1.82, 2.24) is 25.1 Å². The number of nitrogens with zero attached hydrogens (tertiary/aromatic N) is 3. The molecule has 0 bridgehead atoms. The summed E-state index contributed by atoms with van der Waals surface area (Å²) in [6.07, 6.45) is 3.06. The van der Waals surface area contributed by atoms with Crippen LogP contribution in [0.2, 0.25) is 0 Å². The van der Waals surface area contributed by atoms with E-state index in [0.717, 1.165) is 22.3 Å². The first-order valence-electron chi connectivity index (χ1n) is 8.01. The molecule has 0 amide bonds. The molecule has 1 aliphatic carbocycles. The van der Waals surface area contributed by atoms with E-state index in [0.29, 0.717) is 28.8 Å². The third-order valence-corrected chi connectivity index (χ3v) is 4.66. The van der Waals surface area contributed by atoms with E-state index in [1.54, 1.807) is 6.20 Å². The minimum absolute atomic E-state index is 0.139. The molecule has 0 spiro atoms. The molecule has 0 fully saturated rings. The molecular weight excluding hydrogens is 326 g/mol. The van der Waals surface area contributed by atoms with Gasteiger partial charge in [-0.25, -0.2) is 18.7 Å². The average molecular weight is 340 g/mol. The molecule has 4 aromatic rings. The van der Waals surface area contributed by atoms with Crippen molar-refractivity contribution in [2.75, 3.05) is 5.32 Å². The molecule has 6 nitrogen and oxygen atoms in total. The van der Waals surface area contributed by atoms with Crippen LogP contribution in [0.25, 0.3) is 21.9 Å². The normalized spacial score (nSPS) is 16.2. The summed E-state index contributed by atoms with van der Waals surface area (Å²) in [6.45, 7) is 0. The Balaban J connectivity index is 1.62. The van der Waals surface area contributed by atoms with Crippen molar-refractivity contribution in [3.63, 3.8) is 0 Å². The highest BCUT2D eigenvalue weighted by atomic mass is 19.3. The van der Waals surface area contributed by atoms with Crippen LogP contribution in [0, 0.1) is 0 Å². The number of aromatic amines is 2. The number of rotatable bonds is 2. The number of aryl methyl sites for hydroxylation is 1. The van der Waals surface area contributed by atoms with Gasteiger partial charge in [-0.2, -0.15) is 5.10 Å². The van der Waals surface area contributed by atoms with Gasteiger partial charge in [0.15, 0.2) is 0 Å². The van der Waals surface area contributed by atoms with E-state index < -0.39 is 5.92 Å². The summed E-state index contributed by atoms with van der Waals surface area (Å²) < 4.78 is 27.8. The van der Waals surface area contributed by atoms with Gasteiger partial charge in [0.25, 0.3) is 5.92 Å². The quantitative estimate of drug-likeness (QED) is 0.520. The second kappa shape index (κ2) is 4.98. The number of hydrogen-bond donors (Lipinski definition) is 3. The van der Waals surface area contributed by atoms with Gasteiger partial charge in [-0.1, -0.05) is 0 Å². The number of anilines is 2. The molecule has 3 heterocycles. The molecule has 0 aliphatic heterocycles. The van der Waals surface area contributed by atoms with Gasteiger partial charge in [0.05, 0.1) is 17.1 Å². The first-order valence-corrected chi connectivity index (χ1v) is 8.01. The molecule has 3 aromatic heterocycles. The van der Waals surface area contributed by atoms with Gasteiger partial charge in [-0.3, -0.25) is 5.10 Å². The number of hydrogen-bond acceptors (Lipinski definition) is 4. The van der Waals surface area contributed by atoms with E-state index in [1.165, 1.54) is 6.33 Å². The van der Waals surface area contributed by atoms with Gasteiger partial charge in [-0.15, -0.1) is 0 Å². The number of alkyl halides is 2. The van der Waals surface area contributed by atoms with E-state index in [-0.39, 0.29) is 12.8 Å². The second-order valence-corrected chi connectivity index (χ2v) is 6.36. The zero-order valence-corrected chi connectivity index (χ0v) is 13.1. The molecule has 25 heavy (non-hydrogen) atoms. The van der Waals surface area contributed by atoms with E-state index in [1.807, 2.05) is 18.2 Å². The Morgan fingerprint density at radius 3 is 3.04 bits per heavy atom. The minimum Gasteiger partial charge on any atom is -0.343 e. The Bertz CT molecular complexity index is 1100. The monoisotopic (exact) mass is 340 g/mol. The maximum Gasteiger partial charge on any atom is 0.252 e. The Hall–Kier alpha value is -3.03. The molecule has 1 aromatic carbocycles. The van der Waals surface area contributed by atoms with Gasteiger partial charge in [0.1, 0.15) is 17.8 Å². The van der Waals surface area contributed by atoms with E-state index >= 15 is 0 Å². The maximum atomic E-state index is 13.9. The summed E-state index contributed by atoms with van der Waals surface area (Å²) in [4.78, 5) is 11.7. The summed E-state index contributed by atoms with van der Waals surface area (Å²) in [7, 11) is 0. The highest BCUT2D eigenvalue weighted by Gasteiger charge is 2.36. The zero-order valence-electron chi connectivity index (χ0n) is 13.1. The standard InChI is InChI=1S/C17H14F2N6/c18-17(19)4-3-13-11(6-17)14-15(20-8-21-16(14)24-13)23-10-1-2-12-9(5-10)7-22-25-12/h1-2,5,7-8H,3-4,6H2,(H,22,25)(H2,20,21,23,24). The largest absolute Gasteiger partial charge is 0.343 e. The Labute approximate surface area is 140 Å². The Kier molecular flexibility index (Phi) is 2.85. The van der Waals surface area contributed by atoms with Crippen LogP contribution in [0.4, 0.5) is 20.3 Å². The Morgan fingerprint density at radius 1 is 1.20 bits per heavy atom. The van der Waals surface area contributed by atoms with Crippen molar-refractivity contribution >= 4 is 33.4 Å². The van der Waals surface area contributed by atoms with Crippen molar-refractivity contribution in [3.8, 4) is 0 Å². The minimum atomic E-state index is -2.69. The summed E-state index contributed by atoms with van der Waals surface area (Å²) in [5.41, 5.74) is 3.77. The first-order chi connectivity index (χ1) is 12.1. The van der Waals surface area contributed by atoms with Crippen molar-refractivity contribution in [2.24, 2.45) is 0 Å². The van der Waals surface area contributed by atoms with Gasteiger partial charge < -0.3 is 10.3 Å². The lowest BCUT2D eigenvalue weighted by Gasteiger charge is -2.22. The highest BCUT2D eigenvalue weighted by Crippen LogP contribution is 2.38. The van der Waals surface area contributed by atoms with Crippen molar-refractivity contribution < 1.29 is 8.78 Å². The van der Waals surface area contributed by atoms with Crippen LogP contribution >= 0.6 is 0 Å². The molecular formula is C17H14F2N6. The molecule has 0 saturated heterocycles. The third-order valence-electron chi connectivity index (χ3n) is 4.66. The van der Waals surface area contributed by atoms with Crippen LogP contribution in [0.1, 0.15) is 17.7 Å². The number of benzene rings is 1. The summed E-state index contributed by atoms with van der Waals surface area (Å²) in [5.74, 6) is -2.16. The second-order valence-electron chi connectivity index (χ2n) is 6.36.